The van der Waals surface area contributed by atoms with Gasteiger partial charge in [-0.1, -0.05) is 18.2 Å². The summed E-state index contributed by atoms with van der Waals surface area (Å²) < 4.78 is 13.5. The number of amidine groups is 1. The van der Waals surface area contributed by atoms with Crippen LogP contribution in [0.25, 0.3) is 0 Å². The van der Waals surface area contributed by atoms with Gasteiger partial charge in [-0.25, -0.2) is 4.39 Å². The van der Waals surface area contributed by atoms with Crippen LogP contribution in [-0.2, 0) is 6.42 Å². The molecule has 1 saturated heterocycles. The summed E-state index contributed by atoms with van der Waals surface area (Å²) in [7, 11) is 2.08. The van der Waals surface area contributed by atoms with Gasteiger partial charge in [0.25, 0.3) is 0 Å². The number of halogens is 1. The fraction of sp³-hybridized carbons (Fsp3) is 0.462. The predicted molar refractivity (Wildman–Crippen MR) is 66.9 cm³/mol. The van der Waals surface area contributed by atoms with Gasteiger partial charge in [-0.3, -0.25) is 5.41 Å². The molecule has 0 saturated carbocycles. The average Bonchev–Trinajstić information content (AvgIpc) is 2.33. The molecule has 1 heterocycles. The smallest absolute Gasteiger partial charge is 0.126 e. The third-order valence-corrected chi connectivity index (χ3v) is 3.20. The number of likely N-dealkylation sites (N-methyl/N-ethyl adjacent to an activating group) is 1. The van der Waals surface area contributed by atoms with E-state index in [4.69, 9.17) is 5.41 Å². The monoisotopic (exact) mass is 235 g/mol. The van der Waals surface area contributed by atoms with Crippen LogP contribution in [0.2, 0.25) is 0 Å². The van der Waals surface area contributed by atoms with E-state index in [0.29, 0.717) is 17.8 Å². The van der Waals surface area contributed by atoms with Crippen LogP contribution < -0.4 is 0 Å². The Labute approximate surface area is 101 Å². The maximum Gasteiger partial charge on any atom is 0.126 e. The SMILES string of the molecule is CN1CCN(C(=N)Cc2ccccc2F)CC1. The van der Waals surface area contributed by atoms with Crippen molar-refractivity contribution in [3.63, 3.8) is 0 Å². The van der Waals surface area contributed by atoms with E-state index in [1.165, 1.54) is 6.07 Å². The zero-order chi connectivity index (χ0) is 12.3. The van der Waals surface area contributed by atoms with E-state index in [0.717, 1.165) is 26.2 Å². The Morgan fingerprint density at radius 1 is 1.24 bits per heavy atom. The zero-order valence-corrected chi connectivity index (χ0v) is 10.1. The molecule has 17 heavy (non-hydrogen) atoms. The molecular weight excluding hydrogens is 217 g/mol. The average molecular weight is 235 g/mol. The second-order valence-electron chi connectivity index (χ2n) is 4.51. The minimum Gasteiger partial charge on any atom is -0.358 e. The molecule has 92 valence electrons. The van der Waals surface area contributed by atoms with Crippen molar-refractivity contribution < 1.29 is 4.39 Å². The molecule has 1 aromatic carbocycles. The molecule has 0 atom stereocenters. The molecule has 1 aliphatic heterocycles. The Hall–Kier alpha value is -1.42. The van der Waals surface area contributed by atoms with E-state index in [2.05, 4.69) is 11.9 Å². The predicted octanol–water partition coefficient (Wildman–Crippen LogP) is 1.59. The quantitative estimate of drug-likeness (QED) is 0.623. The molecule has 0 radical (unpaired) electrons. The number of rotatable bonds is 2. The molecule has 0 spiro atoms. The molecule has 2 rings (SSSR count). The first kappa shape index (κ1) is 12.0. The molecule has 1 aliphatic rings. The van der Waals surface area contributed by atoms with Gasteiger partial charge < -0.3 is 9.80 Å². The van der Waals surface area contributed by atoms with Crippen LogP contribution in [0, 0.1) is 11.2 Å². The summed E-state index contributed by atoms with van der Waals surface area (Å²) in [6, 6.07) is 6.69. The first-order valence-corrected chi connectivity index (χ1v) is 5.91. The summed E-state index contributed by atoms with van der Waals surface area (Å²) in [4.78, 5) is 4.28. The normalized spacial score (nSPS) is 17.2. The van der Waals surface area contributed by atoms with Crippen LogP contribution in [0.15, 0.2) is 24.3 Å². The van der Waals surface area contributed by atoms with Crippen LogP contribution in [0.3, 0.4) is 0 Å². The lowest BCUT2D eigenvalue weighted by atomic mass is 10.1. The van der Waals surface area contributed by atoms with Crippen molar-refractivity contribution in [2.45, 2.75) is 6.42 Å². The second kappa shape index (κ2) is 5.27. The lowest BCUT2D eigenvalue weighted by molar-refractivity contribution is 0.213. The maximum atomic E-state index is 13.5. The molecule has 0 aliphatic carbocycles. The Kier molecular flexibility index (Phi) is 3.74. The Bertz CT molecular complexity index is 397. The van der Waals surface area contributed by atoms with Crippen LogP contribution in [0.4, 0.5) is 4.39 Å². The van der Waals surface area contributed by atoms with Crippen LogP contribution in [-0.4, -0.2) is 48.9 Å². The largest absolute Gasteiger partial charge is 0.358 e. The van der Waals surface area contributed by atoms with Crippen LogP contribution in [0.5, 0.6) is 0 Å². The molecule has 1 fully saturated rings. The van der Waals surface area contributed by atoms with Crippen molar-refractivity contribution in [3.8, 4) is 0 Å². The number of hydrogen-bond acceptors (Lipinski definition) is 2. The van der Waals surface area contributed by atoms with Crippen LogP contribution in [0.1, 0.15) is 5.56 Å². The van der Waals surface area contributed by atoms with E-state index in [9.17, 15) is 4.39 Å². The van der Waals surface area contributed by atoms with E-state index in [-0.39, 0.29) is 5.82 Å². The molecule has 1 aromatic rings. The van der Waals surface area contributed by atoms with Gasteiger partial charge in [0, 0.05) is 32.6 Å². The van der Waals surface area contributed by atoms with E-state index < -0.39 is 0 Å². The Balaban J connectivity index is 1.95. The minimum atomic E-state index is -0.216. The summed E-state index contributed by atoms with van der Waals surface area (Å²) >= 11 is 0. The molecule has 1 N–H and O–H groups in total. The molecule has 0 bridgehead atoms. The standard InChI is InChI=1S/C13H18FN3/c1-16-6-8-17(9-7-16)13(15)10-11-4-2-3-5-12(11)14/h2-5,15H,6-10H2,1H3. The van der Waals surface area contributed by atoms with Gasteiger partial charge in [0.05, 0.1) is 0 Å². The van der Waals surface area contributed by atoms with Crippen molar-refractivity contribution in [1.29, 1.82) is 5.41 Å². The Morgan fingerprint density at radius 2 is 1.88 bits per heavy atom. The van der Waals surface area contributed by atoms with E-state index in [1.54, 1.807) is 12.1 Å². The summed E-state index contributed by atoms with van der Waals surface area (Å²) in [6.07, 6.45) is 0.385. The molecule has 0 unspecified atom stereocenters. The highest BCUT2D eigenvalue weighted by Crippen LogP contribution is 2.10. The zero-order valence-electron chi connectivity index (χ0n) is 10.1. The topological polar surface area (TPSA) is 30.3 Å². The highest BCUT2D eigenvalue weighted by Gasteiger charge is 2.17. The third-order valence-electron chi connectivity index (χ3n) is 3.20. The van der Waals surface area contributed by atoms with Crippen molar-refractivity contribution in [3.05, 3.63) is 35.6 Å². The van der Waals surface area contributed by atoms with Gasteiger partial charge in [0.1, 0.15) is 11.7 Å². The second-order valence-corrected chi connectivity index (χ2v) is 4.51. The van der Waals surface area contributed by atoms with Crippen LogP contribution >= 0.6 is 0 Å². The fourth-order valence-electron chi connectivity index (χ4n) is 2.01. The van der Waals surface area contributed by atoms with E-state index in [1.807, 2.05) is 11.0 Å². The molecule has 4 heteroatoms. The van der Waals surface area contributed by atoms with Crippen molar-refractivity contribution in [2.75, 3.05) is 33.2 Å². The fourth-order valence-corrected chi connectivity index (χ4v) is 2.01. The lowest BCUT2D eigenvalue weighted by Gasteiger charge is -2.34. The highest BCUT2D eigenvalue weighted by atomic mass is 19.1. The van der Waals surface area contributed by atoms with Gasteiger partial charge in [-0.2, -0.15) is 0 Å². The molecule has 0 amide bonds. The minimum absolute atomic E-state index is 0.216. The number of nitrogens with zero attached hydrogens (tertiary/aromatic N) is 2. The number of benzene rings is 1. The molecule has 0 aromatic heterocycles. The first-order chi connectivity index (χ1) is 8.16. The number of piperazine rings is 1. The maximum absolute atomic E-state index is 13.5. The number of hydrogen-bond donors (Lipinski definition) is 1. The summed E-state index contributed by atoms with van der Waals surface area (Å²) in [5.74, 6) is 0.301. The summed E-state index contributed by atoms with van der Waals surface area (Å²) in [5.41, 5.74) is 0.608. The van der Waals surface area contributed by atoms with Gasteiger partial charge in [0.15, 0.2) is 0 Å². The summed E-state index contributed by atoms with van der Waals surface area (Å²) in [6.45, 7) is 3.67. The van der Waals surface area contributed by atoms with E-state index >= 15 is 0 Å². The number of nitrogens with one attached hydrogen (secondary N) is 1. The first-order valence-electron chi connectivity index (χ1n) is 5.91. The van der Waals surface area contributed by atoms with Crippen molar-refractivity contribution >= 4 is 5.84 Å². The lowest BCUT2D eigenvalue weighted by Crippen LogP contribution is -2.47. The summed E-state index contributed by atoms with van der Waals surface area (Å²) in [5, 5.41) is 8.02. The highest BCUT2D eigenvalue weighted by molar-refractivity contribution is 5.81. The molecule has 3 nitrogen and oxygen atoms in total. The van der Waals surface area contributed by atoms with Gasteiger partial charge >= 0.3 is 0 Å². The van der Waals surface area contributed by atoms with Gasteiger partial charge in [-0.05, 0) is 18.7 Å². The third kappa shape index (κ3) is 3.03. The van der Waals surface area contributed by atoms with Crippen molar-refractivity contribution in [2.24, 2.45) is 0 Å². The van der Waals surface area contributed by atoms with Gasteiger partial charge in [-0.15, -0.1) is 0 Å². The molecular formula is C13H18FN3. The Morgan fingerprint density at radius 3 is 2.53 bits per heavy atom. The van der Waals surface area contributed by atoms with Crippen molar-refractivity contribution in [1.82, 2.24) is 9.80 Å². The van der Waals surface area contributed by atoms with Gasteiger partial charge in [0.2, 0.25) is 0 Å².